The number of benzene rings is 1. The van der Waals surface area contributed by atoms with Gasteiger partial charge in [0.2, 0.25) is 15.9 Å². The highest BCUT2D eigenvalue weighted by atomic mass is 32.2. The van der Waals surface area contributed by atoms with Crippen LogP contribution in [0.25, 0.3) is 0 Å². The van der Waals surface area contributed by atoms with Crippen molar-refractivity contribution in [2.75, 3.05) is 20.2 Å². The molecular formula is C13H19N3O4S. The van der Waals surface area contributed by atoms with Crippen molar-refractivity contribution < 1.29 is 17.9 Å². The van der Waals surface area contributed by atoms with Crippen LogP contribution in [0, 0.1) is 5.92 Å². The van der Waals surface area contributed by atoms with Crippen molar-refractivity contribution in [1.82, 2.24) is 9.73 Å². The van der Waals surface area contributed by atoms with E-state index in [9.17, 15) is 13.2 Å². The number of amides is 1. The van der Waals surface area contributed by atoms with Crippen LogP contribution in [0.15, 0.2) is 29.2 Å². The van der Waals surface area contributed by atoms with Crippen LogP contribution in [0.2, 0.25) is 0 Å². The Hall–Kier alpha value is -1.64. The highest BCUT2D eigenvalue weighted by molar-refractivity contribution is 7.89. The number of nitrogens with zero attached hydrogens (tertiary/aromatic N) is 1. The number of rotatable bonds is 4. The second-order valence-corrected chi connectivity index (χ2v) is 6.82. The number of methoxy groups -OCH3 is 1. The third-order valence-corrected chi connectivity index (χ3v) is 5.47. The summed E-state index contributed by atoms with van der Waals surface area (Å²) < 4.78 is 31.5. The molecule has 0 bridgehead atoms. The zero-order valence-electron chi connectivity index (χ0n) is 11.8. The first-order chi connectivity index (χ1) is 9.98. The zero-order valence-corrected chi connectivity index (χ0v) is 12.6. The quantitative estimate of drug-likeness (QED) is 0.466. The van der Waals surface area contributed by atoms with Crippen LogP contribution in [0.3, 0.4) is 0 Å². The molecule has 116 valence electrons. The Kier molecular flexibility index (Phi) is 4.81. The summed E-state index contributed by atoms with van der Waals surface area (Å²) in [4.78, 5) is 11.8. The normalized spacial score (nSPS) is 20.0. The maximum absolute atomic E-state index is 12.6. The molecule has 0 unspecified atom stereocenters. The molecule has 1 aliphatic heterocycles. The van der Waals surface area contributed by atoms with Gasteiger partial charge in [-0.05, 0) is 37.1 Å². The van der Waals surface area contributed by atoms with Crippen LogP contribution >= 0.6 is 0 Å². The Morgan fingerprint density at radius 3 is 2.62 bits per heavy atom. The summed E-state index contributed by atoms with van der Waals surface area (Å²) in [5.74, 6) is 4.97. The van der Waals surface area contributed by atoms with E-state index in [1.165, 1.54) is 23.5 Å². The minimum Gasteiger partial charge on any atom is -0.497 e. The molecule has 1 amide bonds. The predicted molar refractivity (Wildman–Crippen MR) is 76.8 cm³/mol. The van der Waals surface area contributed by atoms with Crippen LogP contribution in [-0.4, -0.2) is 38.8 Å². The van der Waals surface area contributed by atoms with E-state index >= 15 is 0 Å². The minimum absolute atomic E-state index is 0.150. The summed E-state index contributed by atoms with van der Waals surface area (Å²) in [6.07, 6.45) is 1.27. The van der Waals surface area contributed by atoms with Crippen molar-refractivity contribution in [2.45, 2.75) is 17.7 Å². The molecule has 1 fully saturated rings. The van der Waals surface area contributed by atoms with Crippen molar-refractivity contribution in [1.29, 1.82) is 0 Å². The average Bonchev–Trinajstić information content (AvgIpc) is 2.54. The lowest BCUT2D eigenvalue weighted by Crippen LogP contribution is -2.46. The molecule has 0 aliphatic carbocycles. The van der Waals surface area contributed by atoms with Gasteiger partial charge >= 0.3 is 0 Å². The number of hydrazine groups is 1. The number of nitrogens with one attached hydrogen (secondary N) is 1. The largest absolute Gasteiger partial charge is 0.497 e. The summed E-state index contributed by atoms with van der Waals surface area (Å²) in [7, 11) is -2.09. The van der Waals surface area contributed by atoms with Crippen molar-refractivity contribution in [3.63, 3.8) is 0 Å². The number of ether oxygens (including phenoxy) is 1. The predicted octanol–water partition coefficient (Wildman–Crippen LogP) is 0.0858. The molecule has 0 spiro atoms. The molecule has 1 heterocycles. The molecule has 1 aromatic rings. The van der Waals surface area contributed by atoms with Gasteiger partial charge in [-0.1, -0.05) is 0 Å². The van der Waals surface area contributed by atoms with E-state index < -0.39 is 15.9 Å². The number of carbonyl (C=O) groups is 1. The number of hydrogen-bond acceptors (Lipinski definition) is 5. The fourth-order valence-electron chi connectivity index (χ4n) is 2.39. The van der Waals surface area contributed by atoms with Crippen LogP contribution in [0.1, 0.15) is 12.8 Å². The lowest BCUT2D eigenvalue weighted by atomic mass is 9.99. The molecule has 1 aliphatic rings. The van der Waals surface area contributed by atoms with Gasteiger partial charge in [0, 0.05) is 13.1 Å². The first kappa shape index (κ1) is 15.7. The molecule has 1 atom stereocenters. The summed E-state index contributed by atoms with van der Waals surface area (Å²) in [6.45, 7) is 0.556. The molecule has 7 nitrogen and oxygen atoms in total. The fraction of sp³-hybridized carbons (Fsp3) is 0.462. The van der Waals surface area contributed by atoms with Gasteiger partial charge in [0.1, 0.15) is 5.75 Å². The van der Waals surface area contributed by atoms with Crippen LogP contribution in [0.4, 0.5) is 0 Å². The SMILES string of the molecule is COc1ccc(S(=O)(=O)N2CCC[C@@H](C(=O)NN)C2)cc1. The van der Waals surface area contributed by atoms with Gasteiger partial charge in [0.25, 0.3) is 0 Å². The molecule has 8 heteroatoms. The second kappa shape index (κ2) is 6.42. The maximum atomic E-state index is 12.6. The molecule has 0 radical (unpaired) electrons. The van der Waals surface area contributed by atoms with Crippen molar-refractivity contribution in [3.05, 3.63) is 24.3 Å². The third kappa shape index (κ3) is 3.34. The Morgan fingerprint density at radius 1 is 1.38 bits per heavy atom. The third-order valence-electron chi connectivity index (χ3n) is 3.59. The van der Waals surface area contributed by atoms with Gasteiger partial charge in [-0.3, -0.25) is 10.2 Å². The number of piperidine rings is 1. The average molecular weight is 313 g/mol. The lowest BCUT2D eigenvalue weighted by Gasteiger charge is -2.30. The lowest BCUT2D eigenvalue weighted by molar-refractivity contribution is -0.126. The molecule has 3 N–H and O–H groups in total. The molecule has 0 aromatic heterocycles. The number of nitrogens with two attached hydrogens (primary N) is 1. The number of hydrogen-bond donors (Lipinski definition) is 2. The van der Waals surface area contributed by atoms with Gasteiger partial charge in [-0.25, -0.2) is 14.3 Å². The highest BCUT2D eigenvalue weighted by Crippen LogP contribution is 2.25. The van der Waals surface area contributed by atoms with Gasteiger partial charge in [-0.2, -0.15) is 4.31 Å². The second-order valence-electron chi connectivity index (χ2n) is 4.89. The number of sulfonamides is 1. The molecule has 2 rings (SSSR count). The molecular weight excluding hydrogens is 294 g/mol. The Bertz CT molecular complexity index is 600. The molecule has 1 aromatic carbocycles. The van der Waals surface area contributed by atoms with Gasteiger partial charge in [-0.15, -0.1) is 0 Å². The fourth-order valence-corrected chi connectivity index (χ4v) is 3.91. The van der Waals surface area contributed by atoms with E-state index in [2.05, 4.69) is 5.43 Å². The van der Waals surface area contributed by atoms with Crippen molar-refractivity contribution in [2.24, 2.45) is 11.8 Å². The van der Waals surface area contributed by atoms with E-state index in [0.29, 0.717) is 25.1 Å². The van der Waals surface area contributed by atoms with Gasteiger partial charge < -0.3 is 4.74 Å². The van der Waals surface area contributed by atoms with Crippen LogP contribution in [0.5, 0.6) is 5.75 Å². The van der Waals surface area contributed by atoms with Crippen molar-refractivity contribution in [3.8, 4) is 5.75 Å². The zero-order chi connectivity index (χ0) is 15.5. The van der Waals surface area contributed by atoms with E-state index in [0.717, 1.165) is 0 Å². The number of carbonyl (C=O) groups excluding carboxylic acids is 1. The summed E-state index contributed by atoms with van der Waals surface area (Å²) in [5, 5.41) is 0. The summed E-state index contributed by atoms with van der Waals surface area (Å²) in [5.41, 5.74) is 2.08. The Labute approximate surface area is 124 Å². The molecule has 21 heavy (non-hydrogen) atoms. The minimum atomic E-state index is -3.60. The Balaban J connectivity index is 2.19. The highest BCUT2D eigenvalue weighted by Gasteiger charge is 2.33. The van der Waals surface area contributed by atoms with Gasteiger partial charge in [0.05, 0.1) is 17.9 Å². The van der Waals surface area contributed by atoms with E-state index in [-0.39, 0.29) is 17.3 Å². The first-order valence-electron chi connectivity index (χ1n) is 6.63. The standard InChI is InChI=1S/C13H19N3O4S/c1-20-11-4-6-12(7-5-11)21(18,19)16-8-2-3-10(9-16)13(17)15-14/h4-7,10H,2-3,8-9,14H2,1H3,(H,15,17)/t10-/m1/s1. The van der Waals surface area contributed by atoms with Gasteiger partial charge in [0.15, 0.2) is 0 Å². The maximum Gasteiger partial charge on any atom is 0.243 e. The van der Waals surface area contributed by atoms with E-state index in [1.54, 1.807) is 12.1 Å². The topological polar surface area (TPSA) is 102 Å². The Morgan fingerprint density at radius 2 is 2.05 bits per heavy atom. The van der Waals surface area contributed by atoms with Crippen LogP contribution < -0.4 is 16.0 Å². The molecule has 0 saturated carbocycles. The van der Waals surface area contributed by atoms with E-state index in [4.69, 9.17) is 10.6 Å². The van der Waals surface area contributed by atoms with Crippen LogP contribution in [-0.2, 0) is 14.8 Å². The van der Waals surface area contributed by atoms with Crippen molar-refractivity contribution >= 4 is 15.9 Å². The summed E-state index contributed by atoms with van der Waals surface area (Å²) in [6, 6.07) is 6.20. The summed E-state index contributed by atoms with van der Waals surface area (Å²) >= 11 is 0. The smallest absolute Gasteiger partial charge is 0.243 e. The van der Waals surface area contributed by atoms with E-state index in [1.807, 2.05) is 0 Å². The first-order valence-corrected chi connectivity index (χ1v) is 8.07. The monoisotopic (exact) mass is 313 g/mol. The molecule has 1 saturated heterocycles.